The minimum atomic E-state index is -3.72. The highest BCUT2D eigenvalue weighted by atomic mass is 35.5. The van der Waals surface area contributed by atoms with Gasteiger partial charge in [-0.05, 0) is 36.4 Å². The summed E-state index contributed by atoms with van der Waals surface area (Å²) >= 11 is 5.75. The van der Waals surface area contributed by atoms with Gasteiger partial charge in [0.25, 0.3) is 10.0 Å². The summed E-state index contributed by atoms with van der Waals surface area (Å²) in [5.74, 6) is 0. The van der Waals surface area contributed by atoms with E-state index >= 15 is 0 Å². The Hall–Kier alpha value is -2.03. The van der Waals surface area contributed by atoms with Crippen LogP contribution in [0, 0.1) is 11.3 Å². The van der Waals surface area contributed by atoms with E-state index in [9.17, 15) is 8.42 Å². The van der Waals surface area contributed by atoms with Gasteiger partial charge in [-0.2, -0.15) is 5.26 Å². The van der Waals surface area contributed by atoms with Crippen LogP contribution in [0.3, 0.4) is 0 Å². The maximum Gasteiger partial charge on any atom is 0.264 e. The van der Waals surface area contributed by atoms with Gasteiger partial charge in [-0.25, -0.2) is 8.42 Å². The number of nitriles is 1. The molecule has 20 heavy (non-hydrogen) atoms. The van der Waals surface area contributed by atoms with Crippen LogP contribution in [0.25, 0.3) is 0 Å². The molecule has 2 aromatic carbocycles. The predicted molar refractivity (Wildman–Crippen MR) is 78.2 cm³/mol. The summed E-state index contributed by atoms with van der Waals surface area (Å²) in [7, 11) is -2.30. The summed E-state index contributed by atoms with van der Waals surface area (Å²) in [5, 5.41) is 9.51. The highest BCUT2D eigenvalue weighted by Gasteiger charge is 2.22. The van der Waals surface area contributed by atoms with Crippen molar-refractivity contribution in [1.29, 1.82) is 5.26 Å². The number of anilines is 1. The first-order valence-electron chi connectivity index (χ1n) is 5.70. The van der Waals surface area contributed by atoms with Crippen molar-refractivity contribution in [2.75, 3.05) is 11.4 Å². The van der Waals surface area contributed by atoms with Gasteiger partial charge in [-0.3, -0.25) is 4.31 Å². The summed E-state index contributed by atoms with van der Waals surface area (Å²) in [6, 6.07) is 14.4. The molecule has 0 aromatic heterocycles. The second-order valence-corrected chi connectivity index (χ2v) is 6.46. The fourth-order valence-corrected chi connectivity index (χ4v) is 3.08. The molecule has 0 aliphatic carbocycles. The molecule has 2 aromatic rings. The number of rotatable bonds is 3. The van der Waals surface area contributed by atoms with Crippen molar-refractivity contribution in [3.63, 3.8) is 0 Å². The van der Waals surface area contributed by atoms with Gasteiger partial charge in [-0.15, -0.1) is 0 Å². The molecule has 0 N–H and O–H groups in total. The van der Waals surface area contributed by atoms with E-state index in [1.54, 1.807) is 24.3 Å². The zero-order chi connectivity index (χ0) is 14.8. The van der Waals surface area contributed by atoms with E-state index in [1.165, 1.54) is 31.3 Å². The van der Waals surface area contributed by atoms with Crippen LogP contribution in [0.15, 0.2) is 53.4 Å². The molecule has 0 fully saturated rings. The maximum absolute atomic E-state index is 12.5. The van der Waals surface area contributed by atoms with Crippen molar-refractivity contribution in [3.8, 4) is 6.07 Å². The molecule has 2 rings (SSSR count). The van der Waals surface area contributed by atoms with E-state index in [1.807, 2.05) is 6.07 Å². The normalized spacial score (nSPS) is 10.8. The zero-order valence-corrected chi connectivity index (χ0v) is 12.2. The van der Waals surface area contributed by atoms with E-state index in [2.05, 4.69) is 0 Å². The Morgan fingerprint density at radius 2 is 1.70 bits per heavy atom. The molecule has 0 unspecified atom stereocenters. The Kier molecular flexibility index (Phi) is 3.98. The lowest BCUT2D eigenvalue weighted by Crippen LogP contribution is -2.27. The number of para-hydroxylation sites is 1. The third kappa shape index (κ3) is 2.62. The fourth-order valence-electron chi connectivity index (χ4n) is 1.74. The minimum absolute atomic E-state index is 0.122. The molecular formula is C14H11ClN2O2S. The molecule has 4 nitrogen and oxygen atoms in total. The van der Waals surface area contributed by atoms with Crippen LogP contribution in [-0.4, -0.2) is 15.5 Å². The van der Waals surface area contributed by atoms with Gasteiger partial charge in [-0.1, -0.05) is 23.7 Å². The number of benzene rings is 2. The van der Waals surface area contributed by atoms with E-state index < -0.39 is 10.0 Å². The molecule has 0 amide bonds. The fraction of sp³-hybridized carbons (Fsp3) is 0.0714. The van der Waals surface area contributed by atoms with Crippen molar-refractivity contribution in [3.05, 3.63) is 59.1 Å². The van der Waals surface area contributed by atoms with Crippen LogP contribution in [0.4, 0.5) is 5.69 Å². The molecule has 0 spiro atoms. The van der Waals surface area contributed by atoms with Crippen LogP contribution < -0.4 is 4.31 Å². The van der Waals surface area contributed by atoms with Crippen LogP contribution >= 0.6 is 11.6 Å². The monoisotopic (exact) mass is 306 g/mol. The highest BCUT2D eigenvalue weighted by molar-refractivity contribution is 7.92. The van der Waals surface area contributed by atoms with Crippen LogP contribution in [0.2, 0.25) is 5.02 Å². The Bertz CT molecular complexity index is 765. The summed E-state index contributed by atoms with van der Waals surface area (Å²) in [6.07, 6.45) is 0. The molecule has 0 aliphatic heterocycles. The molecule has 0 saturated carbocycles. The molecule has 0 saturated heterocycles. The second-order valence-electron chi connectivity index (χ2n) is 4.06. The lowest BCUT2D eigenvalue weighted by Gasteiger charge is -2.20. The third-order valence-corrected chi connectivity index (χ3v) is 4.87. The number of sulfonamides is 1. The van der Waals surface area contributed by atoms with Crippen molar-refractivity contribution >= 4 is 27.3 Å². The molecule has 0 atom stereocenters. The molecular weight excluding hydrogens is 296 g/mol. The van der Waals surface area contributed by atoms with Gasteiger partial charge in [0.1, 0.15) is 6.07 Å². The molecule has 0 bridgehead atoms. The highest BCUT2D eigenvalue weighted by Crippen LogP contribution is 2.25. The van der Waals surface area contributed by atoms with E-state index in [4.69, 9.17) is 16.9 Å². The quantitative estimate of drug-likeness (QED) is 0.875. The SMILES string of the molecule is CN(c1ccccc1C#N)S(=O)(=O)c1ccc(Cl)cc1. The van der Waals surface area contributed by atoms with E-state index in [0.717, 1.165) is 4.31 Å². The standard InChI is InChI=1S/C14H11ClN2O2S/c1-17(14-5-3-2-4-11(14)10-16)20(18,19)13-8-6-12(15)7-9-13/h2-9H,1H3. The Labute approximate surface area is 122 Å². The minimum Gasteiger partial charge on any atom is -0.268 e. The van der Waals surface area contributed by atoms with Gasteiger partial charge in [0.2, 0.25) is 0 Å². The largest absolute Gasteiger partial charge is 0.268 e. The van der Waals surface area contributed by atoms with Crippen LogP contribution in [0.1, 0.15) is 5.56 Å². The lowest BCUT2D eigenvalue weighted by molar-refractivity contribution is 0.594. The summed E-state index contributed by atoms with van der Waals surface area (Å²) < 4.78 is 26.1. The van der Waals surface area contributed by atoms with Gasteiger partial charge >= 0.3 is 0 Å². The summed E-state index contributed by atoms with van der Waals surface area (Å²) in [5.41, 5.74) is 0.637. The maximum atomic E-state index is 12.5. The van der Waals surface area contributed by atoms with Gasteiger partial charge in [0.05, 0.1) is 16.1 Å². The summed E-state index contributed by atoms with van der Waals surface area (Å²) in [4.78, 5) is 0.122. The topological polar surface area (TPSA) is 61.2 Å². The van der Waals surface area contributed by atoms with Crippen molar-refractivity contribution in [2.24, 2.45) is 0 Å². The average molecular weight is 307 g/mol. The first-order valence-corrected chi connectivity index (χ1v) is 7.52. The smallest absolute Gasteiger partial charge is 0.264 e. The molecule has 6 heteroatoms. The number of hydrogen-bond acceptors (Lipinski definition) is 3. The van der Waals surface area contributed by atoms with Crippen LogP contribution in [-0.2, 0) is 10.0 Å². The average Bonchev–Trinajstić information content (AvgIpc) is 2.46. The summed E-state index contributed by atoms with van der Waals surface area (Å²) in [6.45, 7) is 0. The van der Waals surface area contributed by atoms with Crippen molar-refractivity contribution in [1.82, 2.24) is 0 Å². The van der Waals surface area contributed by atoms with Crippen molar-refractivity contribution < 1.29 is 8.42 Å². The van der Waals surface area contributed by atoms with E-state index in [-0.39, 0.29) is 4.90 Å². The second kappa shape index (κ2) is 5.53. The lowest BCUT2D eigenvalue weighted by atomic mass is 10.2. The first kappa shape index (κ1) is 14.4. The molecule has 102 valence electrons. The zero-order valence-electron chi connectivity index (χ0n) is 10.6. The predicted octanol–water partition coefficient (Wildman–Crippen LogP) is 3.04. The number of hydrogen-bond donors (Lipinski definition) is 0. The molecule has 0 heterocycles. The van der Waals surface area contributed by atoms with Crippen LogP contribution in [0.5, 0.6) is 0 Å². The van der Waals surface area contributed by atoms with E-state index in [0.29, 0.717) is 16.3 Å². The Balaban J connectivity index is 2.49. The van der Waals surface area contributed by atoms with Gasteiger partial charge < -0.3 is 0 Å². The Morgan fingerprint density at radius 3 is 2.30 bits per heavy atom. The van der Waals surface area contributed by atoms with Gasteiger partial charge in [0.15, 0.2) is 0 Å². The number of nitrogens with zero attached hydrogens (tertiary/aromatic N) is 2. The number of halogens is 1. The first-order chi connectivity index (χ1) is 9.46. The van der Waals surface area contributed by atoms with Crippen molar-refractivity contribution in [2.45, 2.75) is 4.90 Å². The third-order valence-electron chi connectivity index (χ3n) is 2.84. The molecule has 0 aliphatic rings. The van der Waals surface area contributed by atoms with Gasteiger partial charge in [0, 0.05) is 12.1 Å². The molecule has 0 radical (unpaired) electrons. The Morgan fingerprint density at radius 1 is 1.10 bits per heavy atom.